The molecule has 2 fully saturated rings. The van der Waals surface area contributed by atoms with E-state index in [1.807, 2.05) is 0 Å². The molecule has 3 rings (SSSR count). The molecule has 16 heavy (non-hydrogen) atoms. The van der Waals surface area contributed by atoms with Gasteiger partial charge in [-0.2, -0.15) is 0 Å². The fraction of sp³-hybridized carbons (Fsp3) is 0.571. The van der Waals surface area contributed by atoms with E-state index in [-0.39, 0.29) is 0 Å². The van der Waals surface area contributed by atoms with Crippen LogP contribution in [0.2, 0.25) is 0 Å². The molecule has 2 heteroatoms. The van der Waals surface area contributed by atoms with Gasteiger partial charge in [-0.1, -0.05) is 30.3 Å². The Bertz CT molecular complexity index is 336. The van der Waals surface area contributed by atoms with E-state index in [0.29, 0.717) is 0 Å². The van der Waals surface area contributed by atoms with Crippen LogP contribution in [0.25, 0.3) is 0 Å². The predicted molar refractivity (Wildman–Crippen MR) is 66.6 cm³/mol. The van der Waals surface area contributed by atoms with E-state index in [9.17, 15) is 0 Å². The second-order valence-electron chi connectivity index (χ2n) is 5.03. The molecule has 1 N–H and O–H groups in total. The van der Waals surface area contributed by atoms with Crippen LogP contribution < -0.4 is 5.32 Å². The Morgan fingerprint density at radius 1 is 1.12 bits per heavy atom. The van der Waals surface area contributed by atoms with Crippen LogP contribution in [0, 0.1) is 0 Å². The lowest BCUT2D eigenvalue weighted by Crippen LogP contribution is -2.54. The smallest absolute Gasteiger partial charge is 0.0227 e. The van der Waals surface area contributed by atoms with Crippen LogP contribution in [0.1, 0.15) is 24.3 Å². The van der Waals surface area contributed by atoms with Gasteiger partial charge in [-0.05, 0) is 30.9 Å². The topological polar surface area (TPSA) is 15.3 Å². The summed E-state index contributed by atoms with van der Waals surface area (Å²) in [4.78, 5) is 2.66. The molecule has 1 aromatic carbocycles. The number of hydrogen-bond acceptors (Lipinski definition) is 2. The predicted octanol–water partition coefficient (Wildman–Crippen LogP) is 1.84. The molecular formula is C14H20N2. The summed E-state index contributed by atoms with van der Waals surface area (Å²) >= 11 is 0. The summed E-state index contributed by atoms with van der Waals surface area (Å²) in [6.07, 6.45) is 2.66. The van der Waals surface area contributed by atoms with E-state index in [1.54, 1.807) is 0 Å². The Labute approximate surface area is 97.6 Å². The summed E-state index contributed by atoms with van der Waals surface area (Å²) in [7, 11) is 0. The number of piperidine rings is 1. The molecule has 0 bridgehead atoms. The van der Waals surface area contributed by atoms with Gasteiger partial charge in [0, 0.05) is 25.7 Å². The molecule has 0 saturated carbocycles. The number of nitrogens with zero attached hydrogens (tertiary/aromatic N) is 1. The second-order valence-corrected chi connectivity index (χ2v) is 5.03. The minimum absolute atomic E-state index is 0.771. The van der Waals surface area contributed by atoms with E-state index in [1.165, 1.54) is 44.6 Å². The lowest BCUT2D eigenvalue weighted by atomic mass is 9.84. The molecular weight excluding hydrogens is 196 g/mol. The average molecular weight is 216 g/mol. The molecule has 86 valence electrons. The SMILES string of the molecule is c1ccc(C2CCN3CCNCC3C2)cc1. The first-order chi connectivity index (χ1) is 7.93. The van der Waals surface area contributed by atoms with Crippen LogP contribution in [-0.2, 0) is 0 Å². The lowest BCUT2D eigenvalue weighted by Gasteiger charge is -2.42. The summed E-state index contributed by atoms with van der Waals surface area (Å²) in [6.45, 7) is 4.88. The maximum atomic E-state index is 3.51. The summed E-state index contributed by atoms with van der Waals surface area (Å²) in [6, 6.07) is 11.8. The highest BCUT2D eigenvalue weighted by atomic mass is 15.2. The Morgan fingerprint density at radius 3 is 2.88 bits per heavy atom. The van der Waals surface area contributed by atoms with Crippen molar-refractivity contribution in [3.8, 4) is 0 Å². The molecule has 2 saturated heterocycles. The average Bonchev–Trinajstić information content (AvgIpc) is 2.39. The van der Waals surface area contributed by atoms with Crippen molar-refractivity contribution >= 4 is 0 Å². The highest BCUT2D eigenvalue weighted by Gasteiger charge is 2.30. The first kappa shape index (κ1) is 10.3. The van der Waals surface area contributed by atoms with Crippen molar-refractivity contribution in [2.75, 3.05) is 26.2 Å². The third kappa shape index (κ3) is 2.00. The first-order valence-electron chi connectivity index (χ1n) is 6.43. The molecule has 0 aromatic heterocycles. The molecule has 2 aliphatic rings. The number of fused-ring (bicyclic) bond motifs is 1. The molecule has 2 unspecified atom stereocenters. The van der Waals surface area contributed by atoms with Gasteiger partial charge in [0.15, 0.2) is 0 Å². The number of hydrogen-bond donors (Lipinski definition) is 1. The van der Waals surface area contributed by atoms with Crippen LogP contribution in [0.4, 0.5) is 0 Å². The fourth-order valence-corrected chi connectivity index (χ4v) is 3.13. The lowest BCUT2D eigenvalue weighted by molar-refractivity contribution is 0.109. The van der Waals surface area contributed by atoms with Gasteiger partial charge in [-0.25, -0.2) is 0 Å². The zero-order chi connectivity index (χ0) is 10.8. The summed E-state index contributed by atoms with van der Waals surface area (Å²) < 4.78 is 0. The van der Waals surface area contributed by atoms with E-state index < -0.39 is 0 Å². The third-order valence-corrected chi connectivity index (χ3v) is 4.06. The third-order valence-electron chi connectivity index (χ3n) is 4.06. The van der Waals surface area contributed by atoms with Crippen molar-refractivity contribution < 1.29 is 0 Å². The van der Waals surface area contributed by atoms with E-state index in [2.05, 4.69) is 40.5 Å². The monoisotopic (exact) mass is 216 g/mol. The summed E-state index contributed by atoms with van der Waals surface area (Å²) in [5.41, 5.74) is 1.53. The van der Waals surface area contributed by atoms with Crippen LogP contribution in [0.3, 0.4) is 0 Å². The van der Waals surface area contributed by atoms with Crippen molar-refractivity contribution in [2.45, 2.75) is 24.8 Å². The normalized spacial score (nSPS) is 31.0. The molecule has 2 atom stereocenters. The van der Waals surface area contributed by atoms with Gasteiger partial charge >= 0.3 is 0 Å². The number of rotatable bonds is 1. The maximum Gasteiger partial charge on any atom is 0.0227 e. The first-order valence-corrected chi connectivity index (χ1v) is 6.43. The molecule has 2 nitrogen and oxygen atoms in total. The molecule has 0 amide bonds. The van der Waals surface area contributed by atoms with Gasteiger partial charge in [-0.15, -0.1) is 0 Å². The van der Waals surface area contributed by atoms with Crippen LogP contribution in [0.5, 0.6) is 0 Å². The zero-order valence-corrected chi connectivity index (χ0v) is 9.73. The Kier molecular flexibility index (Phi) is 2.94. The standard InChI is InChI=1S/C14H20N2/c1-2-4-12(5-3-1)13-6-8-16-9-7-15-11-14(16)10-13/h1-5,13-15H,6-11H2. The van der Waals surface area contributed by atoms with Crippen LogP contribution >= 0.6 is 0 Å². The Balaban J connectivity index is 1.71. The van der Waals surface area contributed by atoms with E-state index in [0.717, 1.165) is 12.0 Å². The highest BCUT2D eigenvalue weighted by Crippen LogP contribution is 2.31. The van der Waals surface area contributed by atoms with Gasteiger partial charge in [0.1, 0.15) is 0 Å². The van der Waals surface area contributed by atoms with Gasteiger partial charge in [0.05, 0.1) is 0 Å². The molecule has 0 radical (unpaired) electrons. The largest absolute Gasteiger partial charge is 0.314 e. The maximum absolute atomic E-state index is 3.51. The van der Waals surface area contributed by atoms with Gasteiger partial charge < -0.3 is 5.32 Å². The van der Waals surface area contributed by atoms with Crippen molar-refractivity contribution in [1.82, 2.24) is 10.2 Å². The van der Waals surface area contributed by atoms with E-state index in [4.69, 9.17) is 0 Å². The van der Waals surface area contributed by atoms with Crippen molar-refractivity contribution in [3.63, 3.8) is 0 Å². The summed E-state index contributed by atoms with van der Waals surface area (Å²) in [5, 5.41) is 3.51. The number of piperazine rings is 1. The summed E-state index contributed by atoms with van der Waals surface area (Å²) in [5.74, 6) is 0.780. The highest BCUT2D eigenvalue weighted by molar-refractivity contribution is 5.20. The fourth-order valence-electron chi connectivity index (χ4n) is 3.13. The van der Waals surface area contributed by atoms with Crippen molar-refractivity contribution in [3.05, 3.63) is 35.9 Å². The van der Waals surface area contributed by atoms with Crippen LogP contribution in [0.15, 0.2) is 30.3 Å². The van der Waals surface area contributed by atoms with Crippen molar-refractivity contribution in [1.29, 1.82) is 0 Å². The van der Waals surface area contributed by atoms with Gasteiger partial charge in [0.2, 0.25) is 0 Å². The van der Waals surface area contributed by atoms with Gasteiger partial charge in [0.25, 0.3) is 0 Å². The van der Waals surface area contributed by atoms with Crippen molar-refractivity contribution in [2.24, 2.45) is 0 Å². The second kappa shape index (κ2) is 4.56. The minimum atomic E-state index is 0.771. The molecule has 2 heterocycles. The minimum Gasteiger partial charge on any atom is -0.314 e. The Morgan fingerprint density at radius 2 is 2.00 bits per heavy atom. The quantitative estimate of drug-likeness (QED) is 0.770. The number of benzene rings is 1. The van der Waals surface area contributed by atoms with E-state index >= 15 is 0 Å². The van der Waals surface area contributed by atoms with Crippen LogP contribution in [-0.4, -0.2) is 37.1 Å². The molecule has 1 aromatic rings. The molecule has 0 aliphatic carbocycles. The number of nitrogens with one attached hydrogen (secondary N) is 1. The zero-order valence-electron chi connectivity index (χ0n) is 9.73. The Hall–Kier alpha value is -0.860. The van der Waals surface area contributed by atoms with Gasteiger partial charge in [-0.3, -0.25) is 4.90 Å². The molecule has 0 spiro atoms. The molecule has 2 aliphatic heterocycles.